The van der Waals surface area contributed by atoms with Crippen molar-refractivity contribution in [2.75, 3.05) is 31.2 Å². The number of thioether (sulfide) groups is 1. The van der Waals surface area contributed by atoms with Crippen molar-refractivity contribution >= 4 is 11.8 Å². The van der Waals surface area contributed by atoms with E-state index < -0.39 is 0 Å². The lowest BCUT2D eigenvalue weighted by molar-refractivity contribution is -0.118. The first kappa shape index (κ1) is 22.0. The van der Waals surface area contributed by atoms with E-state index in [1.54, 1.807) is 0 Å². The standard InChI is InChI=1S/C23H41NOS/c1-2-3-4-5-6-7-8-9-10-11-15-20-25-23(16-13-12-14-17-23)24-18-21-26-22-19-24/h12-14,16H,2-11,15,17-22H2,1H3. The molecule has 1 saturated heterocycles. The van der Waals surface area contributed by atoms with E-state index in [0.717, 1.165) is 26.1 Å². The summed E-state index contributed by atoms with van der Waals surface area (Å²) in [5, 5.41) is 0. The van der Waals surface area contributed by atoms with Crippen LogP contribution < -0.4 is 0 Å². The Kier molecular flexibility index (Phi) is 11.7. The van der Waals surface area contributed by atoms with Gasteiger partial charge in [-0.25, -0.2) is 0 Å². The molecule has 1 fully saturated rings. The second-order valence-corrected chi connectivity index (χ2v) is 9.04. The summed E-state index contributed by atoms with van der Waals surface area (Å²) in [6.07, 6.45) is 25.2. The topological polar surface area (TPSA) is 12.5 Å². The molecule has 0 aromatic heterocycles. The Morgan fingerprint density at radius 2 is 1.46 bits per heavy atom. The summed E-state index contributed by atoms with van der Waals surface area (Å²) >= 11 is 2.07. The van der Waals surface area contributed by atoms with Crippen LogP contribution in [0.15, 0.2) is 24.3 Å². The van der Waals surface area contributed by atoms with Gasteiger partial charge in [-0.3, -0.25) is 4.90 Å². The van der Waals surface area contributed by atoms with Gasteiger partial charge in [-0.2, -0.15) is 11.8 Å². The highest BCUT2D eigenvalue weighted by molar-refractivity contribution is 7.99. The van der Waals surface area contributed by atoms with Gasteiger partial charge in [-0.05, 0) is 12.5 Å². The van der Waals surface area contributed by atoms with E-state index >= 15 is 0 Å². The third kappa shape index (κ3) is 8.19. The molecule has 0 spiro atoms. The Bertz CT molecular complexity index is 403. The van der Waals surface area contributed by atoms with Gasteiger partial charge >= 0.3 is 0 Å². The van der Waals surface area contributed by atoms with E-state index in [4.69, 9.17) is 4.74 Å². The molecule has 1 heterocycles. The highest BCUT2D eigenvalue weighted by Gasteiger charge is 2.35. The van der Waals surface area contributed by atoms with Gasteiger partial charge < -0.3 is 4.74 Å². The summed E-state index contributed by atoms with van der Waals surface area (Å²) in [5.74, 6) is 2.47. The van der Waals surface area contributed by atoms with Crippen LogP contribution in [0.2, 0.25) is 0 Å². The normalized spacial score (nSPS) is 23.6. The number of nitrogens with zero attached hydrogens (tertiary/aromatic N) is 1. The van der Waals surface area contributed by atoms with Crippen LogP contribution in [0.1, 0.15) is 84.0 Å². The van der Waals surface area contributed by atoms with Crippen molar-refractivity contribution in [3.8, 4) is 0 Å². The zero-order valence-corrected chi connectivity index (χ0v) is 17.9. The number of hydrogen-bond donors (Lipinski definition) is 0. The smallest absolute Gasteiger partial charge is 0.144 e. The Hall–Kier alpha value is -0.250. The first-order chi connectivity index (χ1) is 12.9. The quantitative estimate of drug-likeness (QED) is 0.316. The van der Waals surface area contributed by atoms with Crippen molar-refractivity contribution < 1.29 is 4.74 Å². The average molecular weight is 380 g/mol. The summed E-state index contributed by atoms with van der Waals surface area (Å²) in [5.41, 5.74) is -0.159. The second-order valence-electron chi connectivity index (χ2n) is 7.82. The van der Waals surface area contributed by atoms with Crippen LogP contribution in [-0.4, -0.2) is 41.8 Å². The van der Waals surface area contributed by atoms with Crippen LogP contribution >= 0.6 is 11.8 Å². The molecule has 1 aliphatic heterocycles. The average Bonchev–Trinajstić information content (AvgIpc) is 2.70. The molecule has 1 unspecified atom stereocenters. The summed E-state index contributed by atoms with van der Waals surface area (Å²) < 4.78 is 6.47. The molecular weight excluding hydrogens is 338 g/mol. The van der Waals surface area contributed by atoms with Crippen LogP contribution in [-0.2, 0) is 4.74 Å². The minimum Gasteiger partial charge on any atom is -0.356 e. The van der Waals surface area contributed by atoms with Crippen molar-refractivity contribution in [1.82, 2.24) is 4.90 Å². The van der Waals surface area contributed by atoms with Gasteiger partial charge in [0.05, 0.1) is 0 Å². The number of allylic oxidation sites excluding steroid dienone is 2. The highest BCUT2D eigenvalue weighted by atomic mass is 32.2. The molecule has 2 nitrogen and oxygen atoms in total. The van der Waals surface area contributed by atoms with Gasteiger partial charge in [0, 0.05) is 37.6 Å². The van der Waals surface area contributed by atoms with E-state index in [1.807, 2.05) is 0 Å². The molecule has 1 aliphatic carbocycles. The Morgan fingerprint density at radius 1 is 0.846 bits per heavy atom. The van der Waals surface area contributed by atoms with Crippen LogP contribution in [0.4, 0.5) is 0 Å². The molecule has 26 heavy (non-hydrogen) atoms. The van der Waals surface area contributed by atoms with E-state index in [0.29, 0.717) is 0 Å². The van der Waals surface area contributed by atoms with E-state index in [2.05, 4.69) is 47.9 Å². The molecule has 0 aromatic rings. The summed E-state index contributed by atoms with van der Waals surface area (Å²) in [7, 11) is 0. The molecule has 0 aromatic carbocycles. The molecular formula is C23H41NOS. The van der Waals surface area contributed by atoms with Crippen molar-refractivity contribution in [2.24, 2.45) is 0 Å². The van der Waals surface area contributed by atoms with E-state index in [1.165, 1.54) is 82.1 Å². The SMILES string of the molecule is CCCCCCCCCCCCCOC1(N2CCSCC2)C=CC=CC1. The lowest BCUT2D eigenvalue weighted by atomic mass is 10.0. The van der Waals surface area contributed by atoms with Crippen molar-refractivity contribution in [1.29, 1.82) is 0 Å². The number of rotatable bonds is 14. The Morgan fingerprint density at radius 3 is 2.04 bits per heavy atom. The Labute approximate surface area is 166 Å². The lowest BCUT2D eigenvalue weighted by Crippen LogP contribution is -2.53. The molecule has 0 N–H and O–H groups in total. The van der Waals surface area contributed by atoms with Gasteiger partial charge in [-0.15, -0.1) is 0 Å². The number of unbranched alkanes of at least 4 members (excludes halogenated alkanes) is 10. The third-order valence-electron chi connectivity index (χ3n) is 5.66. The number of hydrogen-bond acceptors (Lipinski definition) is 3. The Balaban J connectivity index is 1.52. The summed E-state index contributed by atoms with van der Waals surface area (Å²) in [6, 6.07) is 0. The van der Waals surface area contributed by atoms with Gasteiger partial charge in [0.15, 0.2) is 0 Å². The molecule has 0 amide bonds. The molecule has 150 valence electrons. The number of ether oxygens (including phenoxy) is 1. The van der Waals surface area contributed by atoms with Crippen molar-refractivity contribution in [3.05, 3.63) is 24.3 Å². The predicted octanol–water partition coefficient (Wildman–Crippen LogP) is 6.58. The molecule has 0 saturated carbocycles. The van der Waals surface area contributed by atoms with Crippen LogP contribution in [0, 0.1) is 0 Å². The molecule has 2 rings (SSSR count). The van der Waals surface area contributed by atoms with Gasteiger partial charge in [-0.1, -0.05) is 89.4 Å². The zero-order chi connectivity index (χ0) is 18.3. The van der Waals surface area contributed by atoms with E-state index in [9.17, 15) is 0 Å². The third-order valence-corrected chi connectivity index (χ3v) is 6.60. The summed E-state index contributed by atoms with van der Waals surface area (Å²) in [4.78, 5) is 2.56. The molecule has 2 aliphatic rings. The molecule has 0 radical (unpaired) electrons. The van der Waals surface area contributed by atoms with Crippen LogP contribution in [0.25, 0.3) is 0 Å². The molecule has 3 heteroatoms. The second kappa shape index (κ2) is 13.8. The fraction of sp³-hybridized carbons (Fsp3) is 0.826. The maximum absolute atomic E-state index is 6.47. The highest BCUT2D eigenvalue weighted by Crippen LogP contribution is 2.30. The van der Waals surface area contributed by atoms with Crippen molar-refractivity contribution in [3.63, 3.8) is 0 Å². The fourth-order valence-corrected chi connectivity index (χ4v) is 4.88. The minimum atomic E-state index is -0.159. The zero-order valence-electron chi connectivity index (χ0n) is 17.1. The van der Waals surface area contributed by atoms with Gasteiger partial charge in [0.2, 0.25) is 0 Å². The maximum atomic E-state index is 6.47. The van der Waals surface area contributed by atoms with Gasteiger partial charge in [0.1, 0.15) is 5.72 Å². The van der Waals surface area contributed by atoms with Crippen molar-refractivity contribution in [2.45, 2.75) is 89.7 Å². The molecule has 1 atom stereocenters. The minimum absolute atomic E-state index is 0.159. The fourth-order valence-electron chi connectivity index (χ4n) is 3.98. The summed E-state index contributed by atoms with van der Waals surface area (Å²) in [6.45, 7) is 5.50. The van der Waals surface area contributed by atoms with Crippen LogP contribution in [0.5, 0.6) is 0 Å². The lowest BCUT2D eigenvalue weighted by Gasteiger charge is -2.44. The monoisotopic (exact) mass is 379 g/mol. The predicted molar refractivity (Wildman–Crippen MR) is 117 cm³/mol. The van der Waals surface area contributed by atoms with E-state index in [-0.39, 0.29) is 5.72 Å². The van der Waals surface area contributed by atoms with Crippen LogP contribution in [0.3, 0.4) is 0 Å². The van der Waals surface area contributed by atoms with Gasteiger partial charge in [0.25, 0.3) is 0 Å². The molecule has 0 bridgehead atoms. The first-order valence-corrected chi connectivity index (χ1v) is 12.3. The largest absolute Gasteiger partial charge is 0.356 e. The first-order valence-electron chi connectivity index (χ1n) is 11.2. The maximum Gasteiger partial charge on any atom is 0.144 e.